The molecule has 0 amide bonds. The quantitative estimate of drug-likeness (QED) is 0.616. The minimum absolute atomic E-state index is 0.749. The largest absolute Gasteiger partial charge is 0.306 e. The first-order chi connectivity index (χ1) is 5.61. The van der Waals surface area contributed by atoms with Crippen LogP contribution in [0.3, 0.4) is 0 Å². The summed E-state index contributed by atoms with van der Waals surface area (Å²) >= 11 is 0. The van der Waals surface area contributed by atoms with Crippen molar-refractivity contribution in [1.82, 2.24) is 9.80 Å². The Balaban J connectivity index is 2.34. The molecule has 1 heterocycles. The second kappa shape index (κ2) is 4.24. The Hall–Kier alpha value is -0.0800. The SMILES string of the molecule is CC(C1CCN(C)CC1)N(C)C. The molecule has 1 saturated heterocycles. The molecular formula is C10H22N2. The fourth-order valence-corrected chi connectivity index (χ4v) is 1.93. The van der Waals surface area contributed by atoms with Crippen LogP contribution < -0.4 is 0 Å². The monoisotopic (exact) mass is 170 g/mol. The van der Waals surface area contributed by atoms with Gasteiger partial charge in [0.2, 0.25) is 0 Å². The van der Waals surface area contributed by atoms with E-state index in [1.807, 2.05) is 0 Å². The molecule has 1 atom stereocenters. The van der Waals surface area contributed by atoms with Crippen molar-refractivity contribution < 1.29 is 0 Å². The number of nitrogens with zero attached hydrogens (tertiary/aromatic N) is 2. The second-order valence-corrected chi connectivity index (χ2v) is 4.34. The Morgan fingerprint density at radius 3 is 2.17 bits per heavy atom. The molecule has 1 aliphatic heterocycles. The van der Waals surface area contributed by atoms with Crippen molar-refractivity contribution in [3.8, 4) is 0 Å². The summed E-state index contributed by atoms with van der Waals surface area (Å²) in [6, 6.07) is 0.749. The van der Waals surface area contributed by atoms with Crippen molar-refractivity contribution in [2.24, 2.45) is 5.92 Å². The fourth-order valence-electron chi connectivity index (χ4n) is 1.93. The van der Waals surface area contributed by atoms with Crippen LogP contribution >= 0.6 is 0 Å². The third kappa shape index (κ3) is 2.46. The maximum Gasteiger partial charge on any atom is 0.00900 e. The zero-order chi connectivity index (χ0) is 9.14. The predicted molar refractivity (Wildman–Crippen MR) is 53.4 cm³/mol. The normalized spacial score (nSPS) is 24.8. The fraction of sp³-hybridized carbons (Fsp3) is 1.00. The van der Waals surface area contributed by atoms with Gasteiger partial charge in [0.25, 0.3) is 0 Å². The molecular weight excluding hydrogens is 148 g/mol. The van der Waals surface area contributed by atoms with Crippen molar-refractivity contribution in [1.29, 1.82) is 0 Å². The van der Waals surface area contributed by atoms with Crippen LogP contribution in [0.25, 0.3) is 0 Å². The summed E-state index contributed by atoms with van der Waals surface area (Å²) in [6.07, 6.45) is 2.74. The lowest BCUT2D eigenvalue weighted by atomic mass is 9.90. The summed E-state index contributed by atoms with van der Waals surface area (Å²) in [5.41, 5.74) is 0. The van der Waals surface area contributed by atoms with Crippen LogP contribution in [0.2, 0.25) is 0 Å². The van der Waals surface area contributed by atoms with Gasteiger partial charge in [-0.05, 0) is 59.9 Å². The van der Waals surface area contributed by atoms with Gasteiger partial charge in [-0.15, -0.1) is 0 Å². The molecule has 1 fully saturated rings. The second-order valence-electron chi connectivity index (χ2n) is 4.34. The Morgan fingerprint density at radius 2 is 1.75 bits per heavy atom. The number of likely N-dealkylation sites (tertiary alicyclic amines) is 1. The smallest absolute Gasteiger partial charge is 0.00900 e. The molecule has 0 aliphatic carbocycles. The van der Waals surface area contributed by atoms with E-state index in [9.17, 15) is 0 Å². The third-order valence-electron chi connectivity index (χ3n) is 3.26. The molecule has 12 heavy (non-hydrogen) atoms. The van der Waals surface area contributed by atoms with Crippen molar-refractivity contribution in [2.45, 2.75) is 25.8 Å². The highest BCUT2D eigenvalue weighted by molar-refractivity contribution is 4.77. The van der Waals surface area contributed by atoms with Crippen molar-refractivity contribution in [3.63, 3.8) is 0 Å². The number of rotatable bonds is 2. The lowest BCUT2D eigenvalue weighted by Crippen LogP contribution is -2.40. The van der Waals surface area contributed by atoms with Gasteiger partial charge in [-0.1, -0.05) is 0 Å². The first-order valence-electron chi connectivity index (χ1n) is 4.96. The standard InChI is InChI=1S/C10H22N2/c1-9(11(2)3)10-5-7-12(4)8-6-10/h9-10H,5-8H2,1-4H3. The van der Waals surface area contributed by atoms with E-state index in [1.165, 1.54) is 25.9 Å². The van der Waals surface area contributed by atoms with E-state index in [2.05, 4.69) is 37.9 Å². The summed E-state index contributed by atoms with van der Waals surface area (Å²) in [6.45, 7) is 4.90. The van der Waals surface area contributed by atoms with E-state index >= 15 is 0 Å². The van der Waals surface area contributed by atoms with Crippen LogP contribution in [0.5, 0.6) is 0 Å². The van der Waals surface area contributed by atoms with E-state index in [4.69, 9.17) is 0 Å². The molecule has 1 aliphatic rings. The molecule has 0 radical (unpaired) electrons. The summed E-state index contributed by atoms with van der Waals surface area (Å²) < 4.78 is 0. The first-order valence-corrected chi connectivity index (χ1v) is 4.96. The Bertz CT molecular complexity index is 126. The molecule has 0 aromatic heterocycles. The molecule has 2 heteroatoms. The molecule has 1 unspecified atom stereocenters. The van der Waals surface area contributed by atoms with Gasteiger partial charge in [0.15, 0.2) is 0 Å². The van der Waals surface area contributed by atoms with Gasteiger partial charge >= 0.3 is 0 Å². The summed E-state index contributed by atoms with van der Waals surface area (Å²) in [5.74, 6) is 0.913. The van der Waals surface area contributed by atoms with Gasteiger partial charge in [0.1, 0.15) is 0 Å². The van der Waals surface area contributed by atoms with E-state index < -0.39 is 0 Å². The van der Waals surface area contributed by atoms with E-state index in [-0.39, 0.29) is 0 Å². The number of hydrogen-bond donors (Lipinski definition) is 0. The highest BCUT2D eigenvalue weighted by atomic mass is 15.1. The van der Waals surface area contributed by atoms with Gasteiger partial charge < -0.3 is 9.80 Å². The zero-order valence-electron chi connectivity index (χ0n) is 8.88. The van der Waals surface area contributed by atoms with Crippen molar-refractivity contribution in [3.05, 3.63) is 0 Å². The first kappa shape index (κ1) is 10.0. The van der Waals surface area contributed by atoms with Crippen LogP contribution in [-0.2, 0) is 0 Å². The van der Waals surface area contributed by atoms with Gasteiger partial charge in [-0.3, -0.25) is 0 Å². The van der Waals surface area contributed by atoms with Crippen LogP contribution in [0.4, 0.5) is 0 Å². The van der Waals surface area contributed by atoms with E-state index in [0.29, 0.717) is 0 Å². The average Bonchev–Trinajstić information content (AvgIpc) is 2.04. The highest BCUT2D eigenvalue weighted by Crippen LogP contribution is 2.21. The molecule has 2 nitrogen and oxygen atoms in total. The zero-order valence-corrected chi connectivity index (χ0v) is 8.88. The minimum atomic E-state index is 0.749. The Morgan fingerprint density at radius 1 is 1.25 bits per heavy atom. The van der Waals surface area contributed by atoms with Gasteiger partial charge in [-0.25, -0.2) is 0 Å². The Labute approximate surface area is 76.5 Å². The van der Waals surface area contributed by atoms with Gasteiger partial charge in [0, 0.05) is 6.04 Å². The van der Waals surface area contributed by atoms with E-state index in [0.717, 1.165) is 12.0 Å². The van der Waals surface area contributed by atoms with Gasteiger partial charge in [0.05, 0.1) is 0 Å². The highest BCUT2D eigenvalue weighted by Gasteiger charge is 2.22. The van der Waals surface area contributed by atoms with Crippen molar-refractivity contribution >= 4 is 0 Å². The summed E-state index contributed by atoms with van der Waals surface area (Å²) in [7, 11) is 6.59. The summed E-state index contributed by atoms with van der Waals surface area (Å²) in [4.78, 5) is 4.77. The van der Waals surface area contributed by atoms with Crippen LogP contribution in [0.1, 0.15) is 19.8 Å². The van der Waals surface area contributed by atoms with Crippen LogP contribution in [0, 0.1) is 5.92 Å². The molecule has 0 aromatic carbocycles. The van der Waals surface area contributed by atoms with E-state index in [1.54, 1.807) is 0 Å². The maximum absolute atomic E-state index is 2.43. The van der Waals surface area contributed by atoms with Crippen molar-refractivity contribution in [2.75, 3.05) is 34.2 Å². The molecule has 0 N–H and O–H groups in total. The minimum Gasteiger partial charge on any atom is -0.306 e. The number of hydrogen-bond acceptors (Lipinski definition) is 2. The molecule has 0 saturated carbocycles. The molecule has 1 rings (SSSR count). The lowest BCUT2D eigenvalue weighted by Gasteiger charge is -2.35. The van der Waals surface area contributed by atoms with Gasteiger partial charge in [-0.2, -0.15) is 0 Å². The predicted octanol–water partition coefficient (Wildman–Crippen LogP) is 1.28. The number of piperidine rings is 1. The molecule has 0 aromatic rings. The Kier molecular flexibility index (Phi) is 3.53. The van der Waals surface area contributed by atoms with Crippen LogP contribution in [-0.4, -0.2) is 50.1 Å². The maximum atomic E-state index is 2.43. The molecule has 0 bridgehead atoms. The third-order valence-corrected chi connectivity index (χ3v) is 3.26. The average molecular weight is 170 g/mol. The topological polar surface area (TPSA) is 6.48 Å². The lowest BCUT2D eigenvalue weighted by molar-refractivity contribution is 0.141. The molecule has 72 valence electrons. The summed E-state index contributed by atoms with van der Waals surface area (Å²) in [5, 5.41) is 0. The molecule has 0 spiro atoms. The van der Waals surface area contributed by atoms with Crippen LogP contribution in [0.15, 0.2) is 0 Å².